The lowest BCUT2D eigenvalue weighted by Gasteiger charge is -2.01. The molecule has 1 aliphatic rings. The van der Waals surface area contributed by atoms with Crippen molar-refractivity contribution in [3.63, 3.8) is 0 Å². The van der Waals surface area contributed by atoms with Gasteiger partial charge < -0.3 is 9.52 Å². The lowest BCUT2D eigenvalue weighted by atomic mass is 10.1. The molecule has 2 aromatic rings. The molecule has 4 nitrogen and oxygen atoms in total. The molecule has 16 heavy (non-hydrogen) atoms. The lowest BCUT2D eigenvalue weighted by molar-refractivity contribution is -0.140. The molecule has 1 N–H and O–H groups in total. The number of hydrogen-bond donors (Lipinski definition) is 1. The zero-order valence-corrected chi connectivity index (χ0v) is 8.86. The van der Waals surface area contributed by atoms with Crippen molar-refractivity contribution in [2.24, 2.45) is 0 Å². The fraction of sp³-hybridized carbons (Fsp3) is 0.333. The van der Waals surface area contributed by atoms with Gasteiger partial charge in [0.25, 0.3) is 0 Å². The number of aliphatic carboxylic acids is 1. The van der Waals surface area contributed by atoms with Crippen LogP contribution in [0, 0.1) is 6.92 Å². The second-order valence-corrected chi connectivity index (χ2v) is 4.38. The molecule has 0 radical (unpaired) electrons. The van der Waals surface area contributed by atoms with Crippen LogP contribution in [0.4, 0.5) is 0 Å². The van der Waals surface area contributed by atoms with E-state index in [-0.39, 0.29) is 0 Å². The summed E-state index contributed by atoms with van der Waals surface area (Å²) in [4.78, 5) is 15.4. The molecular weight excluding hydrogens is 206 g/mol. The molecule has 0 amide bonds. The van der Waals surface area contributed by atoms with E-state index in [9.17, 15) is 4.79 Å². The van der Waals surface area contributed by atoms with Gasteiger partial charge in [-0.3, -0.25) is 4.79 Å². The summed E-state index contributed by atoms with van der Waals surface area (Å²) < 4.78 is 5.55. The molecule has 3 rings (SSSR count). The van der Waals surface area contributed by atoms with Crippen LogP contribution in [0.25, 0.3) is 11.1 Å². The monoisotopic (exact) mass is 217 g/mol. The van der Waals surface area contributed by atoms with Gasteiger partial charge in [-0.2, -0.15) is 0 Å². The third-order valence-corrected chi connectivity index (χ3v) is 3.11. The highest BCUT2D eigenvalue weighted by Crippen LogP contribution is 2.48. The minimum absolute atomic E-state index is 0.348. The molecule has 1 heterocycles. The van der Waals surface area contributed by atoms with E-state index >= 15 is 0 Å². The van der Waals surface area contributed by atoms with Gasteiger partial charge in [-0.15, -0.1) is 0 Å². The highest BCUT2D eigenvalue weighted by Gasteiger charge is 2.56. The Morgan fingerprint density at radius 1 is 1.50 bits per heavy atom. The topological polar surface area (TPSA) is 63.3 Å². The highest BCUT2D eigenvalue weighted by atomic mass is 16.4. The molecule has 0 bridgehead atoms. The molecule has 1 aromatic heterocycles. The highest BCUT2D eigenvalue weighted by molar-refractivity contribution is 5.84. The zero-order valence-electron chi connectivity index (χ0n) is 8.86. The van der Waals surface area contributed by atoms with Crippen LogP contribution in [0.1, 0.15) is 24.3 Å². The molecular formula is C12H11NO3. The summed E-state index contributed by atoms with van der Waals surface area (Å²) >= 11 is 0. The summed E-state index contributed by atoms with van der Waals surface area (Å²) in [5.41, 5.74) is 1.62. The summed E-state index contributed by atoms with van der Waals surface area (Å²) in [5.74, 6) is -0.489. The molecule has 82 valence electrons. The van der Waals surface area contributed by atoms with Gasteiger partial charge in [0.15, 0.2) is 5.58 Å². The third-order valence-electron chi connectivity index (χ3n) is 3.11. The Labute approximate surface area is 91.9 Å². The minimum Gasteiger partial charge on any atom is -0.480 e. The maximum atomic E-state index is 11.1. The SMILES string of the molecule is Cc1ccc2nc(C3(C(=O)O)CC3)oc2c1. The van der Waals surface area contributed by atoms with Gasteiger partial charge in [0.2, 0.25) is 5.89 Å². The van der Waals surface area contributed by atoms with Gasteiger partial charge in [0.1, 0.15) is 10.9 Å². The largest absolute Gasteiger partial charge is 0.480 e. The Hall–Kier alpha value is -1.84. The molecule has 1 fully saturated rings. The summed E-state index contributed by atoms with van der Waals surface area (Å²) in [6.45, 7) is 1.96. The molecule has 1 saturated carbocycles. The van der Waals surface area contributed by atoms with Crippen LogP contribution in [-0.4, -0.2) is 16.1 Å². The van der Waals surface area contributed by atoms with Crippen molar-refractivity contribution in [2.45, 2.75) is 25.2 Å². The van der Waals surface area contributed by atoms with E-state index in [0.717, 1.165) is 11.1 Å². The standard InChI is InChI=1S/C12H11NO3/c1-7-2-3-8-9(6-7)16-10(13-8)12(4-5-12)11(14)15/h2-3,6H,4-5H2,1H3,(H,14,15). The predicted octanol–water partition coefficient (Wildman–Crippen LogP) is 2.25. The minimum atomic E-state index is -0.854. The van der Waals surface area contributed by atoms with Crippen LogP contribution in [0.2, 0.25) is 0 Å². The smallest absolute Gasteiger partial charge is 0.319 e. The Balaban J connectivity index is 2.16. The Morgan fingerprint density at radius 2 is 2.25 bits per heavy atom. The number of carboxylic acid groups (broad SMARTS) is 1. The number of benzene rings is 1. The number of carboxylic acids is 1. The molecule has 4 heteroatoms. The van der Waals surface area contributed by atoms with Gasteiger partial charge in [0.05, 0.1) is 0 Å². The number of aryl methyl sites for hydroxylation is 1. The van der Waals surface area contributed by atoms with E-state index in [1.807, 2.05) is 25.1 Å². The van der Waals surface area contributed by atoms with Gasteiger partial charge in [0, 0.05) is 0 Å². The van der Waals surface area contributed by atoms with E-state index in [1.165, 1.54) is 0 Å². The first-order valence-corrected chi connectivity index (χ1v) is 5.23. The van der Waals surface area contributed by atoms with Gasteiger partial charge >= 0.3 is 5.97 Å². The number of rotatable bonds is 2. The molecule has 0 atom stereocenters. The first kappa shape index (κ1) is 9.39. The van der Waals surface area contributed by atoms with Crippen molar-refractivity contribution in [3.05, 3.63) is 29.7 Å². The van der Waals surface area contributed by atoms with Crippen LogP contribution in [0.5, 0.6) is 0 Å². The normalized spacial score (nSPS) is 17.6. The van der Waals surface area contributed by atoms with Crippen molar-refractivity contribution in [1.29, 1.82) is 0 Å². The van der Waals surface area contributed by atoms with Gasteiger partial charge in [-0.1, -0.05) is 6.07 Å². The Bertz CT molecular complexity index is 581. The van der Waals surface area contributed by atoms with Crippen LogP contribution in [0.3, 0.4) is 0 Å². The third kappa shape index (κ3) is 1.16. The number of fused-ring (bicyclic) bond motifs is 1. The maximum absolute atomic E-state index is 11.1. The van der Waals surface area contributed by atoms with Crippen molar-refractivity contribution >= 4 is 17.1 Å². The van der Waals surface area contributed by atoms with E-state index < -0.39 is 11.4 Å². The van der Waals surface area contributed by atoms with Crippen LogP contribution in [0.15, 0.2) is 22.6 Å². The predicted molar refractivity (Wildman–Crippen MR) is 57.3 cm³/mol. The number of carbonyl (C=O) groups is 1. The van der Waals surface area contributed by atoms with Gasteiger partial charge in [-0.05, 0) is 37.5 Å². The zero-order chi connectivity index (χ0) is 11.3. The van der Waals surface area contributed by atoms with Crippen molar-refractivity contribution in [2.75, 3.05) is 0 Å². The summed E-state index contributed by atoms with van der Waals surface area (Å²) in [7, 11) is 0. The Morgan fingerprint density at radius 3 is 2.88 bits per heavy atom. The van der Waals surface area contributed by atoms with Crippen molar-refractivity contribution in [1.82, 2.24) is 4.98 Å². The second-order valence-electron chi connectivity index (χ2n) is 4.38. The number of hydrogen-bond acceptors (Lipinski definition) is 3. The lowest BCUT2D eigenvalue weighted by Crippen LogP contribution is -2.19. The number of nitrogens with zero attached hydrogens (tertiary/aromatic N) is 1. The average Bonchev–Trinajstić information content (AvgIpc) is 2.94. The maximum Gasteiger partial charge on any atom is 0.319 e. The van der Waals surface area contributed by atoms with Crippen LogP contribution >= 0.6 is 0 Å². The van der Waals surface area contributed by atoms with Crippen molar-refractivity contribution < 1.29 is 14.3 Å². The summed E-state index contributed by atoms with van der Waals surface area (Å²) in [5, 5.41) is 9.14. The Kier molecular flexibility index (Phi) is 1.67. The van der Waals surface area contributed by atoms with Crippen LogP contribution < -0.4 is 0 Å². The fourth-order valence-corrected chi connectivity index (χ4v) is 1.88. The number of oxazole rings is 1. The summed E-state index contributed by atoms with van der Waals surface area (Å²) in [6.07, 6.45) is 1.24. The van der Waals surface area contributed by atoms with E-state index in [4.69, 9.17) is 9.52 Å². The van der Waals surface area contributed by atoms with Crippen molar-refractivity contribution in [3.8, 4) is 0 Å². The van der Waals surface area contributed by atoms with E-state index in [2.05, 4.69) is 4.98 Å². The fourth-order valence-electron chi connectivity index (χ4n) is 1.88. The second kappa shape index (κ2) is 2.84. The first-order chi connectivity index (χ1) is 7.62. The average molecular weight is 217 g/mol. The first-order valence-electron chi connectivity index (χ1n) is 5.23. The molecule has 0 aliphatic heterocycles. The van der Waals surface area contributed by atoms with E-state index in [0.29, 0.717) is 24.3 Å². The van der Waals surface area contributed by atoms with Gasteiger partial charge in [-0.25, -0.2) is 4.98 Å². The molecule has 1 aliphatic carbocycles. The number of aromatic nitrogens is 1. The summed E-state index contributed by atoms with van der Waals surface area (Å²) in [6, 6.07) is 5.67. The van der Waals surface area contributed by atoms with Crippen LogP contribution in [-0.2, 0) is 10.2 Å². The molecule has 0 spiro atoms. The van der Waals surface area contributed by atoms with E-state index in [1.54, 1.807) is 0 Å². The molecule has 1 aromatic carbocycles. The quantitative estimate of drug-likeness (QED) is 0.837. The molecule has 0 saturated heterocycles. The molecule has 0 unspecified atom stereocenters.